The normalized spacial score (nSPS) is 11.5. The largest absolute Gasteiger partial charge is 0.493 e. The van der Waals surface area contributed by atoms with Crippen LogP contribution in [-0.2, 0) is 13.0 Å². The molecule has 0 radical (unpaired) electrons. The van der Waals surface area contributed by atoms with Crippen molar-refractivity contribution in [1.82, 2.24) is 15.0 Å². The van der Waals surface area contributed by atoms with Gasteiger partial charge in [-0.1, -0.05) is 25.9 Å². The van der Waals surface area contributed by atoms with Gasteiger partial charge >= 0.3 is 0 Å². The van der Waals surface area contributed by atoms with Gasteiger partial charge in [0, 0.05) is 17.0 Å². The summed E-state index contributed by atoms with van der Waals surface area (Å²) in [6.07, 6.45) is 1.71. The molecule has 0 fully saturated rings. The second-order valence-electron chi connectivity index (χ2n) is 7.73. The van der Waals surface area contributed by atoms with Gasteiger partial charge in [0.1, 0.15) is 5.75 Å². The van der Waals surface area contributed by atoms with Crippen LogP contribution in [0.3, 0.4) is 0 Å². The smallest absolute Gasteiger partial charge is 0.268 e. The molecule has 0 bridgehead atoms. The first-order valence-electron chi connectivity index (χ1n) is 11.1. The Balaban J connectivity index is 1.85. The highest BCUT2D eigenvalue weighted by molar-refractivity contribution is 7.15. The second kappa shape index (κ2) is 10.9. The Labute approximate surface area is 189 Å². The van der Waals surface area contributed by atoms with Gasteiger partial charge in [-0.15, -0.1) is 11.3 Å². The van der Waals surface area contributed by atoms with Crippen molar-refractivity contribution in [2.45, 2.75) is 54.0 Å². The zero-order valence-electron chi connectivity index (χ0n) is 19.3. The summed E-state index contributed by atoms with van der Waals surface area (Å²) < 4.78 is 11.6. The molecule has 0 atom stereocenters. The molecular weight excluding hydrogens is 408 g/mol. The van der Waals surface area contributed by atoms with E-state index in [-0.39, 0.29) is 0 Å². The molecular formula is C24H34N4O2S. The second-order valence-corrected chi connectivity index (χ2v) is 8.86. The highest BCUT2D eigenvalue weighted by Crippen LogP contribution is 2.34. The molecule has 0 spiro atoms. The molecule has 31 heavy (non-hydrogen) atoms. The third-order valence-electron chi connectivity index (χ3n) is 5.50. The number of hydrogen-bond acceptors (Lipinski definition) is 7. The molecule has 168 valence electrons. The van der Waals surface area contributed by atoms with Crippen molar-refractivity contribution < 1.29 is 9.26 Å². The summed E-state index contributed by atoms with van der Waals surface area (Å²) in [4.78, 5) is 9.49. The first-order chi connectivity index (χ1) is 15.0. The predicted octanol–water partition coefficient (Wildman–Crippen LogP) is 5.21. The molecule has 0 amide bonds. The van der Waals surface area contributed by atoms with Gasteiger partial charge in [0.2, 0.25) is 5.82 Å². The first-order valence-corrected chi connectivity index (χ1v) is 11.9. The van der Waals surface area contributed by atoms with E-state index in [1.165, 1.54) is 10.4 Å². The van der Waals surface area contributed by atoms with Gasteiger partial charge in [-0.25, -0.2) is 0 Å². The van der Waals surface area contributed by atoms with E-state index >= 15 is 0 Å². The number of ether oxygens (including phenoxy) is 1. The number of rotatable bonds is 11. The summed E-state index contributed by atoms with van der Waals surface area (Å²) in [5.41, 5.74) is 10.0. The molecule has 0 unspecified atom stereocenters. The summed E-state index contributed by atoms with van der Waals surface area (Å²) in [5, 5.41) is 4.27. The lowest BCUT2D eigenvalue weighted by Gasteiger charge is -2.17. The topological polar surface area (TPSA) is 77.4 Å². The van der Waals surface area contributed by atoms with Gasteiger partial charge in [0.25, 0.3) is 5.89 Å². The molecule has 2 N–H and O–H groups in total. The van der Waals surface area contributed by atoms with Crippen molar-refractivity contribution in [3.05, 3.63) is 39.8 Å². The van der Waals surface area contributed by atoms with Gasteiger partial charge in [0.15, 0.2) is 0 Å². The summed E-state index contributed by atoms with van der Waals surface area (Å²) in [7, 11) is 0. The Kier molecular flexibility index (Phi) is 8.23. The van der Waals surface area contributed by atoms with E-state index in [0.717, 1.165) is 59.8 Å². The van der Waals surface area contributed by atoms with E-state index in [4.69, 9.17) is 20.0 Å². The fourth-order valence-corrected chi connectivity index (χ4v) is 4.71. The minimum absolute atomic E-state index is 0.577. The Morgan fingerprint density at radius 1 is 1.10 bits per heavy atom. The Morgan fingerprint density at radius 2 is 1.87 bits per heavy atom. The van der Waals surface area contributed by atoms with Gasteiger partial charge in [-0.05, 0) is 81.2 Å². The molecule has 6 nitrogen and oxygen atoms in total. The molecule has 3 aromatic rings. The molecule has 3 rings (SSSR count). The van der Waals surface area contributed by atoms with Crippen molar-refractivity contribution in [1.29, 1.82) is 0 Å². The average molecular weight is 443 g/mol. The van der Waals surface area contributed by atoms with E-state index < -0.39 is 0 Å². The van der Waals surface area contributed by atoms with E-state index in [2.05, 4.69) is 62.9 Å². The first kappa shape index (κ1) is 23.4. The highest BCUT2D eigenvalue weighted by Gasteiger charge is 2.18. The molecule has 0 aliphatic heterocycles. The maximum Gasteiger partial charge on any atom is 0.268 e. The number of aromatic nitrogens is 2. The standard InChI is InChI=1S/C24H34N4O2S/c1-6-18-14-19(12-17(5)22(18)29-11-9-10-25)23-26-24(30-27-23)20-13-16(4)21(31-20)15-28(7-2)8-3/h12-14H,6-11,15,25H2,1-5H3. The van der Waals surface area contributed by atoms with Crippen molar-refractivity contribution in [2.24, 2.45) is 5.73 Å². The number of nitrogens with zero attached hydrogens (tertiary/aromatic N) is 3. The zero-order chi connectivity index (χ0) is 22.4. The number of benzene rings is 1. The van der Waals surface area contributed by atoms with Crippen LogP contribution in [0.15, 0.2) is 22.7 Å². The Morgan fingerprint density at radius 3 is 2.55 bits per heavy atom. The van der Waals surface area contributed by atoms with Gasteiger partial charge in [0.05, 0.1) is 11.5 Å². The van der Waals surface area contributed by atoms with Crippen molar-refractivity contribution in [3.63, 3.8) is 0 Å². The van der Waals surface area contributed by atoms with Gasteiger partial charge < -0.3 is 15.0 Å². The van der Waals surface area contributed by atoms with Crippen LogP contribution in [0.1, 0.15) is 48.8 Å². The third kappa shape index (κ3) is 5.53. The average Bonchev–Trinajstić information content (AvgIpc) is 3.40. The molecule has 0 aliphatic rings. The highest BCUT2D eigenvalue weighted by atomic mass is 32.1. The molecule has 2 heterocycles. The van der Waals surface area contributed by atoms with E-state index in [0.29, 0.717) is 24.9 Å². The van der Waals surface area contributed by atoms with Crippen LogP contribution in [0.2, 0.25) is 0 Å². The fourth-order valence-electron chi connectivity index (χ4n) is 3.58. The lowest BCUT2D eigenvalue weighted by atomic mass is 10.0. The number of nitrogens with two attached hydrogens (primary N) is 1. The van der Waals surface area contributed by atoms with Gasteiger partial charge in [-0.2, -0.15) is 4.98 Å². The van der Waals surface area contributed by atoms with Crippen molar-refractivity contribution in [3.8, 4) is 27.9 Å². The monoisotopic (exact) mass is 442 g/mol. The fraction of sp³-hybridized carbons (Fsp3) is 0.500. The number of aryl methyl sites for hydroxylation is 3. The van der Waals surface area contributed by atoms with Crippen LogP contribution >= 0.6 is 11.3 Å². The van der Waals surface area contributed by atoms with Crippen LogP contribution in [0.25, 0.3) is 22.2 Å². The maximum atomic E-state index is 5.98. The lowest BCUT2D eigenvalue weighted by Crippen LogP contribution is -2.21. The number of thiophene rings is 1. The van der Waals surface area contributed by atoms with Crippen LogP contribution in [-0.4, -0.2) is 41.3 Å². The minimum atomic E-state index is 0.577. The van der Waals surface area contributed by atoms with Crippen LogP contribution in [0.4, 0.5) is 0 Å². The zero-order valence-corrected chi connectivity index (χ0v) is 20.1. The van der Waals surface area contributed by atoms with Crippen LogP contribution in [0, 0.1) is 13.8 Å². The maximum absolute atomic E-state index is 5.98. The Hall–Kier alpha value is -2.22. The lowest BCUT2D eigenvalue weighted by molar-refractivity contribution is 0.298. The Bertz CT molecular complexity index is 992. The number of hydrogen-bond donors (Lipinski definition) is 1. The molecule has 2 aromatic heterocycles. The predicted molar refractivity (Wildman–Crippen MR) is 128 cm³/mol. The summed E-state index contributed by atoms with van der Waals surface area (Å²) in [6, 6.07) is 6.32. The molecule has 7 heteroatoms. The summed E-state index contributed by atoms with van der Waals surface area (Å²) >= 11 is 1.74. The molecule has 0 aliphatic carbocycles. The minimum Gasteiger partial charge on any atom is -0.493 e. The van der Waals surface area contributed by atoms with E-state index in [9.17, 15) is 0 Å². The molecule has 0 saturated heterocycles. The van der Waals surface area contributed by atoms with E-state index in [1.54, 1.807) is 11.3 Å². The summed E-state index contributed by atoms with van der Waals surface area (Å²) in [6.45, 7) is 15.0. The molecule has 0 saturated carbocycles. The van der Waals surface area contributed by atoms with Gasteiger partial charge in [-0.3, -0.25) is 4.90 Å². The third-order valence-corrected chi connectivity index (χ3v) is 6.71. The van der Waals surface area contributed by atoms with Crippen LogP contribution < -0.4 is 10.5 Å². The van der Waals surface area contributed by atoms with Crippen LogP contribution in [0.5, 0.6) is 5.75 Å². The van der Waals surface area contributed by atoms with Crippen molar-refractivity contribution >= 4 is 11.3 Å². The van der Waals surface area contributed by atoms with Crippen molar-refractivity contribution in [2.75, 3.05) is 26.2 Å². The summed E-state index contributed by atoms with van der Waals surface area (Å²) in [5.74, 6) is 2.13. The SMILES string of the molecule is CCc1cc(-c2noc(-c3cc(C)c(CN(CC)CC)s3)n2)cc(C)c1OCCCN. The van der Waals surface area contributed by atoms with E-state index in [1.807, 2.05) is 0 Å². The quantitative estimate of drug-likeness (QED) is 0.411. The molecule has 1 aromatic carbocycles.